The minimum Gasteiger partial charge on any atom is -0.488 e. The number of piperidine rings is 1. The van der Waals surface area contributed by atoms with E-state index >= 15 is 0 Å². The fraction of sp³-hybridized carbons (Fsp3) is 0.333. The zero-order valence-corrected chi connectivity index (χ0v) is 14.0. The van der Waals surface area contributed by atoms with E-state index in [4.69, 9.17) is 4.74 Å². The standard InChI is InChI=1S/C18H20N2O2S/c1-23-17-7-3-2-6-16(17)18(21)20-12-4-5-15(13-20)22-14-8-10-19-11-9-14/h2-3,6-11,15H,4-5,12-13H2,1H3. The lowest BCUT2D eigenvalue weighted by Gasteiger charge is -2.33. The molecule has 23 heavy (non-hydrogen) atoms. The first-order chi connectivity index (χ1) is 11.3. The lowest BCUT2D eigenvalue weighted by atomic mass is 10.1. The highest BCUT2D eigenvalue weighted by atomic mass is 32.2. The minimum absolute atomic E-state index is 0.0385. The molecule has 1 atom stereocenters. The Morgan fingerprint density at radius 3 is 2.83 bits per heavy atom. The first kappa shape index (κ1) is 15.9. The molecule has 2 aromatic rings. The molecule has 1 saturated heterocycles. The number of thioether (sulfide) groups is 1. The summed E-state index contributed by atoms with van der Waals surface area (Å²) in [5.41, 5.74) is 0.782. The third-order valence-electron chi connectivity index (χ3n) is 3.96. The Morgan fingerprint density at radius 2 is 2.04 bits per heavy atom. The van der Waals surface area contributed by atoms with E-state index in [0.717, 1.165) is 35.6 Å². The van der Waals surface area contributed by atoms with Crippen molar-refractivity contribution >= 4 is 17.7 Å². The maximum Gasteiger partial charge on any atom is 0.255 e. The smallest absolute Gasteiger partial charge is 0.255 e. The largest absolute Gasteiger partial charge is 0.488 e. The van der Waals surface area contributed by atoms with Crippen molar-refractivity contribution in [3.8, 4) is 5.75 Å². The van der Waals surface area contributed by atoms with Crippen molar-refractivity contribution in [2.45, 2.75) is 23.8 Å². The zero-order chi connectivity index (χ0) is 16.1. The molecule has 1 aliphatic rings. The second kappa shape index (κ2) is 7.51. The summed E-state index contributed by atoms with van der Waals surface area (Å²) in [6.45, 7) is 1.42. The molecule has 1 amide bonds. The first-order valence-corrected chi connectivity index (χ1v) is 8.99. The Kier molecular flexibility index (Phi) is 5.18. The fourth-order valence-electron chi connectivity index (χ4n) is 2.82. The highest BCUT2D eigenvalue weighted by Gasteiger charge is 2.26. The molecule has 0 N–H and O–H groups in total. The number of nitrogens with zero attached hydrogens (tertiary/aromatic N) is 2. The summed E-state index contributed by atoms with van der Waals surface area (Å²) >= 11 is 1.61. The summed E-state index contributed by atoms with van der Waals surface area (Å²) in [6, 6.07) is 11.5. The molecule has 1 aromatic carbocycles. The quantitative estimate of drug-likeness (QED) is 0.806. The van der Waals surface area contributed by atoms with Gasteiger partial charge in [0.1, 0.15) is 11.9 Å². The van der Waals surface area contributed by atoms with Crippen molar-refractivity contribution in [2.75, 3.05) is 19.3 Å². The third-order valence-corrected chi connectivity index (χ3v) is 4.75. The van der Waals surface area contributed by atoms with Crippen molar-refractivity contribution in [2.24, 2.45) is 0 Å². The van der Waals surface area contributed by atoms with Gasteiger partial charge in [-0.3, -0.25) is 9.78 Å². The molecule has 0 spiro atoms. The van der Waals surface area contributed by atoms with Crippen LogP contribution in [0.2, 0.25) is 0 Å². The molecule has 0 aliphatic carbocycles. The number of rotatable bonds is 4. The summed E-state index contributed by atoms with van der Waals surface area (Å²) in [5.74, 6) is 0.904. The van der Waals surface area contributed by atoms with Crippen LogP contribution in [0.15, 0.2) is 53.7 Å². The normalized spacial score (nSPS) is 17.8. The summed E-state index contributed by atoms with van der Waals surface area (Å²) < 4.78 is 5.99. The second-order valence-electron chi connectivity index (χ2n) is 5.52. The van der Waals surface area contributed by atoms with Crippen LogP contribution in [0.3, 0.4) is 0 Å². The van der Waals surface area contributed by atoms with E-state index in [0.29, 0.717) is 6.54 Å². The Labute approximate surface area is 140 Å². The molecule has 3 rings (SSSR count). The maximum atomic E-state index is 12.8. The predicted octanol–water partition coefficient (Wildman–Crippen LogP) is 3.49. The van der Waals surface area contributed by atoms with Crippen molar-refractivity contribution in [1.82, 2.24) is 9.88 Å². The molecular formula is C18H20N2O2S. The van der Waals surface area contributed by atoms with Crippen LogP contribution >= 0.6 is 11.8 Å². The van der Waals surface area contributed by atoms with Gasteiger partial charge < -0.3 is 9.64 Å². The third kappa shape index (κ3) is 3.85. The van der Waals surface area contributed by atoms with Crippen LogP contribution in [0.1, 0.15) is 23.2 Å². The highest BCUT2D eigenvalue weighted by molar-refractivity contribution is 7.98. The van der Waals surface area contributed by atoms with Gasteiger partial charge in [0.25, 0.3) is 5.91 Å². The lowest BCUT2D eigenvalue weighted by molar-refractivity contribution is 0.0534. The number of hydrogen-bond donors (Lipinski definition) is 0. The van der Waals surface area contributed by atoms with Gasteiger partial charge in [0.05, 0.1) is 12.1 Å². The number of pyridine rings is 1. The number of carbonyl (C=O) groups is 1. The molecule has 1 aromatic heterocycles. The number of likely N-dealkylation sites (tertiary alicyclic amines) is 1. The topological polar surface area (TPSA) is 42.4 Å². The molecule has 1 unspecified atom stereocenters. The molecule has 1 fully saturated rings. The molecule has 4 nitrogen and oxygen atoms in total. The SMILES string of the molecule is CSc1ccccc1C(=O)N1CCCC(Oc2ccncc2)C1. The fourth-order valence-corrected chi connectivity index (χ4v) is 3.41. The second-order valence-corrected chi connectivity index (χ2v) is 6.36. The molecule has 120 valence electrons. The number of amides is 1. The molecule has 2 heterocycles. The van der Waals surface area contributed by atoms with E-state index in [1.54, 1.807) is 24.2 Å². The van der Waals surface area contributed by atoms with Crippen LogP contribution in [-0.4, -0.2) is 41.2 Å². The Bertz CT molecular complexity index is 663. The van der Waals surface area contributed by atoms with Crippen LogP contribution in [0.25, 0.3) is 0 Å². The van der Waals surface area contributed by atoms with Gasteiger partial charge in [-0.05, 0) is 43.4 Å². The van der Waals surface area contributed by atoms with Gasteiger partial charge in [-0.2, -0.15) is 0 Å². The number of ether oxygens (including phenoxy) is 1. The van der Waals surface area contributed by atoms with Gasteiger partial charge in [0.2, 0.25) is 0 Å². The molecular weight excluding hydrogens is 308 g/mol. The minimum atomic E-state index is 0.0385. The van der Waals surface area contributed by atoms with E-state index in [1.165, 1.54) is 0 Å². The number of hydrogen-bond acceptors (Lipinski definition) is 4. The first-order valence-electron chi connectivity index (χ1n) is 7.77. The van der Waals surface area contributed by atoms with Gasteiger partial charge in [0.15, 0.2) is 0 Å². The van der Waals surface area contributed by atoms with Crippen molar-refractivity contribution < 1.29 is 9.53 Å². The Morgan fingerprint density at radius 1 is 1.26 bits per heavy atom. The summed E-state index contributed by atoms with van der Waals surface area (Å²) in [5, 5.41) is 0. The Balaban J connectivity index is 1.69. The number of aromatic nitrogens is 1. The van der Waals surface area contributed by atoms with E-state index in [-0.39, 0.29) is 12.0 Å². The van der Waals surface area contributed by atoms with Crippen LogP contribution in [-0.2, 0) is 0 Å². The molecule has 0 bridgehead atoms. The summed E-state index contributed by atoms with van der Waals surface area (Å²) in [7, 11) is 0. The average Bonchev–Trinajstić information content (AvgIpc) is 2.62. The van der Waals surface area contributed by atoms with Crippen molar-refractivity contribution in [1.29, 1.82) is 0 Å². The van der Waals surface area contributed by atoms with Crippen molar-refractivity contribution in [3.05, 3.63) is 54.4 Å². The monoisotopic (exact) mass is 328 g/mol. The van der Waals surface area contributed by atoms with Crippen molar-refractivity contribution in [3.63, 3.8) is 0 Å². The predicted molar refractivity (Wildman–Crippen MR) is 92.0 cm³/mol. The Hall–Kier alpha value is -2.01. The van der Waals surface area contributed by atoms with Crippen LogP contribution in [0.4, 0.5) is 0 Å². The lowest BCUT2D eigenvalue weighted by Crippen LogP contribution is -2.44. The average molecular weight is 328 g/mol. The van der Waals surface area contributed by atoms with Gasteiger partial charge in [-0.25, -0.2) is 0 Å². The van der Waals surface area contributed by atoms with E-state index < -0.39 is 0 Å². The van der Waals surface area contributed by atoms with E-state index in [1.807, 2.05) is 47.6 Å². The maximum absolute atomic E-state index is 12.8. The summed E-state index contributed by atoms with van der Waals surface area (Å²) in [4.78, 5) is 19.7. The van der Waals surface area contributed by atoms with Crippen LogP contribution in [0, 0.1) is 0 Å². The summed E-state index contributed by atoms with van der Waals surface area (Å²) in [6.07, 6.45) is 7.40. The molecule has 5 heteroatoms. The van der Waals surface area contributed by atoms with Gasteiger partial charge >= 0.3 is 0 Å². The molecule has 0 saturated carbocycles. The van der Waals surface area contributed by atoms with Gasteiger partial charge in [-0.15, -0.1) is 11.8 Å². The van der Waals surface area contributed by atoms with Crippen LogP contribution < -0.4 is 4.74 Å². The van der Waals surface area contributed by atoms with Crippen LogP contribution in [0.5, 0.6) is 5.75 Å². The molecule has 1 aliphatic heterocycles. The number of carbonyl (C=O) groups excluding carboxylic acids is 1. The highest BCUT2D eigenvalue weighted by Crippen LogP contribution is 2.24. The zero-order valence-electron chi connectivity index (χ0n) is 13.1. The van der Waals surface area contributed by atoms with E-state index in [9.17, 15) is 4.79 Å². The van der Waals surface area contributed by atoms with Gasteiger partial charge in [-0.1, -0.05) is 12.1 Å². The van der Waals surface area contributed by atoms with Gasteiger partial charge in [0, 0.05) is 23.8 Å². The van der Waals surface area contributed by atoms with E-state index in [2.05, 4.69) is 4.98 Å². The molecule has 0 radical (unpaired) electrons. The number of benzene rings is 1.